The molecule has 1 amide bonds. The van der Waals surface area contributed by atoms with E-state index in [-0.39, 0.29) is 5.91 Å². The number of carbonyl (C=O) groups excluding carboxylic acids is 1. The quantitative estimate of drug-likeness (QED) is 0.849. The normalized spacial score (nSPS) is 10.4. The van der Waals surface area contributed by atoms with Gasteiger partial charge in [0.1, 0.15) is 0 Å². The summed E-state index contributed by atoms with van der Waals surface area (Å²) in [4.78, 5) is 22.9. The summed E-state index contributed by atoms with van der Waals surface area (Å²) in [7, 11) is 1.96. The highest BCUT2D eigenvalue weighted by Gasteiger charge is 2.11. The monoisotopic (exact) mass is 312 g/mol. The number of para-hydroxylation sites is 1. The van der Waals surface area contributed by atoms with E-state index in [2.05, 4.69) is 29.1 Å². The van der Waals surface area contributed by atoms with Crippen molar-refractivity contribution >= 4 is 17.5 Å². The molecule has 0 unspecified atom stereocenters. The van der Waals surface area contributed by atoms with Crippen molar-refractivity contribution in [3.8, 4) is 0 Å². The van der Waals surface area contributed by atoms with Crippen LogP contribution in [-0.2, 0) is 6.42 Å². The van der Waals surface area contributed by atoms with E-state index in [1.807, 2.05) is 36.2 Å². The van der Waals surface area contributed by atoms with Crippen LogP contribution in [0.5, 0.6) is 0 Å². The lowest BCUT2D eigenvalue weighted by atomic mass is 10.1. The van der Waals surface area contributed by atoms with Crippen molar-refractivity contribution in [2.75, 3.05) is 23.8 Å². The molecule has 5 nitrogen and oxygen atoms in total. The largest absolute Gasteiger partial charge is 0.344 e. The molecule has 0 aliphatic carbocycles. The summed E-state index contributed by atoms with van der Waals surface area (Å²) in [6, 6.07) is 7.80. The second kappa shape index (κ2) is 8.27. The van der Waals surface area contributed by atoms with Gasteiger partial charge >= 0.3 is 0 Å². The van der Waals surface area contributed by atoms with E-state index in [0.717, 1.165) is 37.1 Å². The summed E-state index contributed by atoms with van der Waals surface area (Å²) in [5.74, 6) is 0.456. The molecular formula is C18H24N4O. The Kier molecular flexibility index (Phi) is 6.09. The first-order chi connectivity index (χ1) is 11.2. The van der Waals surface area contributed by atoms with Gasteiger partial charge < -0.3 is 10.2 Å². The first kappa shape index (κ1) is 16.9. The maximum atomic E-state index is 12.3. The number of unbranched alkanes of at least 4 members (excludes halogenated alkanes) is 1. The molecule has 0 radical (unpaired) electrons. The molecule has 0 aliphatic heterocycles. The Balaban J connectivity index is 2.05. The van der Waals surface area contributed by atoms with Gasteiger partial charge in [-0.05, 0) is 24.5 Å². The molecule has 1 heterocycles. The van der Waals surface area contributed by atoms with E-state index in [1.54, 1.807) is 12.4 Å². The van der Waals surface area contributed by atoms with Crippen molar-refractivity contribution in [3.05, 3.63) is 47.8 Å². The van der Waals surface area contributed by atoms with Crippen molar-refractivity contribution in [2.24, 2.45) is 0 Å². The molecule has 0 aliphatic rings. The highest BCUT2D eigenvalue weighted by Crippen LogP contribution is 2.16. The van der Waals surface area contributed by atoms with Crippen LogP contribution in [0.1, 0.15) is 42.6 Å². The van der Waals surface area contributed by atoms with E-state index in [1.165, 1.54) is 0 Å². The van der Waals surface area contributed by atoms with Crippen LogP contribution >= 0.6 is 0 Å². The van der Waals surface area contributed by atoms with Crippen molar-refractivity contribution in [1.82, 2.24) is 9.97 Å². The zero-order valence-corrected chi connectivity index (χ0v) is 14.0. The van der Waals surface area contributed by atoms with Crippen molar-refractivity contribution in [1.29, 1.82) is 0 Å². The van der Waals surface area contributed by atoms with Gasteiger partial charge in [-0.25, -0.2) is 9.97 Å². The van der Waals surface area contributed by atoms with Crippen LogP contribution in [0.4, 0.5) is 11.6 Å². The number of anilines is 2. The van der Waals surface area contributed by atoms with Crippen LogP contribution < -0.4 is 10.2 Å². The number of nitrogens with zero attached hydrogens (tertiary/aromatic N) is 3. The standard InChI is InChI=1S/C18H24N4O/c1-4-6-11-22(3)18-19-12-15(13-20-18)17(23)21-16-10-8-7-9-14(16)5-2/h7-10,12-13H,4-6,11H2,1-3H3,(H,21,23). The van der Waals surface area contributed by atoms with Crippen LogP contribution in [0, 0.1) is 0 Å². The number of carbonyl (C=O) groups is 1. The van der Waals surface area contributed by atoms with Gasteiger partial charge in [0.25, 0.3) is 5.91 Å². The number of hydrogen-bond donors (Lipinski definition) is 1. The maximum absolute atomic E-state index is 12.3. The Morgan fingerprint density at radius 3 is 2.52 bits per heavy atom. The number of hydrogen-bond acceptors (Lipinski definition) is 4. The van der Waals surface area contributed by atoms with Crippen molar-refractivity contribution < 1.29 is 4.79 Å². The summed E-state index contributed by atoms with van der Waals surface area (Å²) in [5.41, 5.74) is 2.41. The van der Waals surface area contributed by atoms with Crippen LogP contribution in [0.3, 0.4) is 0 Å². The van der Waals surface area contributed by atoms with Crippen LogP contribution in [-0.4, -0.2) is 29.5 Å². The molecule has 5 heteroatoms. The second-order valence-electron chi connectivity index (χ2n) is 5.51. The maximum Gasteiger partial charge on any atom is 0.258 e. The van der Waals surface area contributed by atoms with Gasteiger partial charge in [0.15, 0.2) is 0 Å². The number of amides is 1. The van der Waals surface area contributed by atoms with Gasteiger partial charge in [0.05, 0.1) is 5.56 Å². The van der Waals surface area contributed by atoms with Gasteiger partial charge in [0, 0.05) is 31.7 Å². The lowest BCUT2D eigenvalue weighted by Gasteiger charge is -2.16. The van der Waals surface area contributed by atoms with E-state index >= 15 is 0 Å². The highest BCUT2D eigenvalue weighted by molar-refractivity contribution is 6.04. The molecule has 23 heavy (non-hydrogen) atoms. The fourth-order valence-corrected chi connectivity index (χ4v) is 2.28. The Labute approximate surface area is 137 Å². The third-order valence-corrected chi connectivity index (χ3v) is 3.74. The van der Waals surface area contributed by atoms with Crippen LogP contribution in [0.25, 0.3) is 0 Å². The number of aryl methyl sites for hydroxylation is 1. The average molecular weight is 312 g/mol. The molecule has 0 fully saturated rings. The Hall–Kier alpha value is -2.43. The minimum absolute atomic E-state index is 0.186. The minimum atomic E-state index is -0.186. The van der Waals surface area contributed by atoms with Gasteiger partial charge in [-0.3, -0.25) is 4.79 Å². The summed E-state index contributed by atoms with van der Waals surface area (Å²) in [6.07, 6.45) is 6.25. The van der Waals surface area contributed by atoms with Crippen molar-refractivity contribution in [3.63, 3.8) is 0 Å². The Morgan fingerprint density at radius 1 is 1.17 bits per heavy atom. The van der Waals surface area contributed by atoms with E-state index < -0.39 is 0 Å². The summed E-state index contributed by atoms with van der Waals surface area (Å²) >= 11 is 0. The van der Waals surface area contributed by atoms with E-state index in [9.17, 15) is 4.79 Å². The summed E-state index contributed by atoms with van der Waals surface area (Å²) in [5, 5.41) is 2.93. The SMILES string of the molecule is CCCCN(C)c1ncc(C(=O)Nc2ccccc2CC)cn1. The first-order valence-electron chi connectivity index (χ1n) is 8.08. The molecule has 2 rings (SSSR count). The third kappa shape index (κ3) is 4.52. The molecular weight excluding hydrogens is 288 g/mol. The fraction of sp³-hybridized carbons (Fsp3) is 0.389. The Bertz CT molecular complexity index is 640. The van der Waals surface area contributed by atoms with Crippen molar-refractivity contribution in [2.45, 2.75) is 33.1 Å². The second-order valence-corrected chi connectivity index (χ2v) is 5.51. The fourth-order valence-electron chi connectivity index (χ4n) is 2.28. The molecule has 2 aromatic rings. The lowest BCUT2D eigenvalue weighted by Crippen LogP contribution is -2.21. The number of aromatic nitrogens is 2. The van der Waals surface area contributed by atoms with Crippen LogP contribution in [0.2, 0.25) is 0 Å². The Morgan fingerprint density at radius 2 is 1.87 bits per heavy atom. The van der Waals surface area contributed by atoms with E-state index in [0.29, 0.717) is 11.5 Å². The topological polar surface area (TPSA) is 58.1 Å². The molecule has 0 atom stereocenters. The first-order valence-corrected chi connectivity index (χ1v) is 8.08. The van der Waals surface area contributed by atoms with Gasteiger partial charge in [-0.2, -0.15) is 0 Å². The highest BCUT2D eigenvalue weighted by atomic mass is 16.1. The zero-order valence-electron chi connectivity index (χ0n) is 14.0. The number of nitrogens with one attached hydrogen (secondary N) is 1. The van der Waals surface area contributed by atoms with Gasteiger partial charge in [-0.1, -0.05) is 38.5 Å². The average Bonchev–Trinajstić information content (AvgIpc) is 2.60. The molecule has 0 saturated carbocycles. The van der Waals surface area contributed by atoms with Gasteiger partial charge in [-0.15, -0.1) is 0 Å². The molecule has 0 spiro atoms. The smallest absolute Gasteiger partial charge is 0.258 e. The predicted octanol–water partition coefficient (Wildman–Crippen LogP) is 3.53. The summed E-state index contributed by atoms with van der Waals surface area (Å²) < 4.78 is 0. The molecule has 122 valence electrons. The lowest BCUT2D eigenvalue weighted by molar-refractivity contribution is 0.102. The van der Waals surface area contributed by atoms with E-state index in [4.69, 9.17) is 0 Å². The summed E-state index contributed by atoms with van der Waals surface area (Å²) in [6.45, 7) is 5.12. The number of benzene rings is 1. The molecule has 0 bridgehead atoms. The molecule has 1 aromatic carbocycles. The third-order valence-electron chi connectivity index (χ3n) is 3.74. The van der Waals surface area contributed by atoms with Gasteiger partial charge in [0.2, 0.25) is 5.95 Å². The minimum Gasteiger partial charge on any atom is -0.344 e. The van der Waals surface area contributed by atoms with Crippen LogP contribution in [0.15, 0.2) is 36.7 Å². The molecule has 1 aromatic heterocycles. The molecule has 0 saturated heterocycles. The molecule has 1 N–H and O–H groups in total. The predicted molar refractivity (Wildman–Crippen MR) is 94.0 cm³/mol. The number of rotatable bonds is 7. The zero-order chi connectivity index (χ0) is 16.7.